The van der Waals surface area contributed by atoms with Crippen molar-refractivity contribution in [3.05, 3.63) is 231 Å². The summed E-state index contributed by atoms with van der Waals surface area (Å²) in [5.74, 6) is 1.50. The zero-order valence-corrected chi connectivity index (χ0v) is 37.0. The molecule has 0 N–H and O–H groups in total. The van der Waals surface area contributed by atoms with Crippen molar-refractivity contribution in [2.24, 2.45) is 0 Å². The Labute approximate surface area is 395 Å². The lowest BCUT2D eigenvalue weighted by Crippen LogP contribution is -2.02. The molecule has 0 aliphatic rings. The molecule has 14 rings (SSSR count). The van der Waals surface area contributed by atoms with Crippen molar-refractivity contribution in [1.82, 2.24) is 38.6 Å². The molecule has 8 nitrogen and oxygen atoms in total. The van der Waals surface area contributed by atoms with Gasteiger partial charge in [0.15, 0.2) is 5.82 Å². The van der Waals surface area contributed by atoms with E-state index in [2.05, 4.69) is 190 Å². The Morgan fingerprint density at radius 3 is 1.59 bits per heavy atom. The maximum absolute atomic E-state index is 5.26. The Hall–Kier alpha value is -9.53. The first-order valence-electron chi connectivity index (χ1n) is 23.1. The van der Waals surface area contributed by atoms with Crippen LogP contribution in [0.25, 0.3) is 128 Å². The highest BCUT2D eigenvalue weighted by Crippen LogP contribution is 2.40. The summed E-state index contributed by atoms with van der Waals surface area (Å²) in [6, 6.07) is 74.4. The predicted octanol–water partition coefficient (Wildman–Crippen LogP) is 14.6. The number of nitrogens with zero attached hydrogens (tertiary/aromatic N) is 8. The van der Waals surface area contributed by atoms with Gasteiger partial charge in [-0.05, 0) is 90.0 Å². The van der Waals surface area contributed by atoms with Gasteiger partial charge in [-0.2, -0.15) is 0 Å². The van der Waals surface area contributed by atoms with Gasteiger partial charge < -0.3 is 9.13 Å². The van der Waals surface area contributed by atoms with Crippen LogP contribution in [0, 0.1) is 0 Å². The zero-order valence-electron chi connectivity index (χ0n) is 37.0. The van der Waals surface area contributed by atoms with Crippen LogP contribution in [0.1, 0.15) is 0 Å². The molecule has 0 saturated heterocycles. The Morgan fingerprint density at radius 2 is 0.870 bits per heavy atom. The summed E-state index contributed by atoms with van der Waals surface area (Å²) in [5.41, 5.74) is 17.1. The van der Waals surface area contributed by atoms with E-state index < -0.39 is 0 Å². The summed E-state index contributed by atoms with van der Waals surface area (Å²) >= 11 is 0. The van der Waals surface area contributed by atoms with Gasteiger partial charge in [0.1, 0.15) is 16.9 Å². The highest BCUT2D eigenvalue weighted by atomic mass is 15.1. The number of hydrogen-bond acceptors (Lipinski definition) is 5. The molecule has 69 heavy (non-hydrogen) atoms. The average Bonchev–Trinajstić information content (AvgIpc) is 4.06. The molecular weight excluding hydrogens is 845 g/mol. The molecule has 0 spiro atoms. The molecule has 0 radical (unpaired) electrons. The van der Waals surface area contributed by atoms with Crippen molar-refractivity contribution in [2.45, 2.75) is 0 Å². The van der Waals surface area contributed by atoms with Gasteiger partial charge in [-0.3, -0.25) is 14.5 Å². The van der Waals surface area contributed by atoms with Gasteiger partial charge in [0.2, 0.25) is 0 Å². The third-order valence-corrected chi connectivity index (χ3v) is 13.4. The van der Waals surface area contributed by atoms with Gasteiger partial charge in [0, 0.05) is 62.4 Å². The van der Waals surface area contributed by atoms with Crippen LogP contribution in [0.15, 0.2) is 231 Å². The van der Waals surface area contributed by atoms with E-state index in [1.165, 1.54) is 10.8 Å². The van der Waals surface area contributed by atoms with Gasteiger partial charge in [-0.1, -0.05) is 127 Å². The van der Waals surface area contributed by atoms with Crippen molar-refractivity contribution in [2.75, 3.05) is 0 Å². The highest BCUT2D eigenvalue weighted by Gasteiger charge is 2.20. The number of aromatic nitrogens is 8. The number of benzene rings is 7. The van der Waals surface area contributed by atoms with Crippen molar-refractivity contribution < 1.29 is 0 Å². The van der Waals surface area contributed by atoms with Crippen molar-refractivity contribution in [1.29, 1.82) is 0 Å². The molecule has 0 amide bonds. The molecule has 0 saturated carbocycles. The molecule has 7 aromatic carbocycles. The standard InChI is InChI=1S/C61H38N8/c1-4-15-39(16-5-1)51-36-58(66-61(65-51)40-17-6-2-7-18-40)69-53-24-13-11-22-47(53)49-35-42(27-30-55(49)69)41-26-29-54-48(34-41)46-21-10-12-23-52(46)68(54)45-33-43(37-62-38-45)50-28-31-57-60(64-50)59-56(25-14-32-63-59)67(57)44-19-8-3-9-20-44/h1-38H. The molecule has 0 atom stereocenters. The number of fused-ring (bicyclic) bond motifs is 9. The molecule has 0 aliphatic carbocycles. The lowest BCUT2D eigenvalue weighted by molar-refractivity contribution is 1.05. The van der Waals surface area contributed by atoms with Crippen LogP contribution in [-0.2, 0) is 0 Å². The SMILES string of the molecule is c1ccc(-c2cc(-n3c4ccccc4c4cc(-c5ccc6c(c5)c5ccccc5n6-c5cncc(-c6ccc7c(n6)c6ncccc6n7-c6ccccc6)c5)ccc43)nc(-c3ccccc3)n2)cc1. The minimum absolute atomic E-state index is 0.684. The Morgan fingerprint density at radius 1 is 0.304 bits per heavy atom. The number of para-hydroxylation sites is 3. The lowest BCUT2D eigenvalue weighted by Gasteiger charge is -2.12. The zero-order chi connectivity index (χ0) is 45.4. The molecule has 7 heterocycles. The van der Waals surface area contributed by atoms with E-state index in [4.69, 9.17) is 24.9 Å². The molecule has 7 aromatic heterocycles. The van der Waals surface area contributed by atoms with Crippen LogP contribution in [0.2, 0.25) is 0 Å². The number of rotatable bonds is 7. The molecule has 8 heteroatoms. The van der Waals surface area contributed by atoms with Crippen LogP contribution in [0.5, 0.6) is 0 Å². The fourth-order valence-electron chi connectivity index (χ4n) is 10.3. The fraction of sp³-hybridized carbons (Fsp3) is 0. The largest absolute Gasteiger partial charge is 0.308 e. The maximum atomic E-state index is 5.26. The van der Waals surface area contributed by atoms with Crippen molar-refractivity contribution >= 4 is 65.7 Å². The van der Waals surface area contributed by atoms with Crippen LogP contribution < -0.4 is 0 Å². The van der Waals surface area contributed by atoms with E-state index >= 15 is 0 Å². The summed E-state index contributed by atoms with van der Waals surface area (Å²) in [5, 5.41) is 4.65. The van der Waals surface area contributed by atoms with Gasteiger partial charge in [-0.25, -0.2) is 15.0 Å². The van der Waals surface area contributed by atoms with Gasteiger partial charge in [-0.15, -0.1) is 0 Å². The molecular formula is C61H38N8. The number of hydrogen-bond donors (Lipinski definition) is 0. The van der Waals surface area contributed by atoms with Crippen LogP contribution >= 0.6 is 0 Å². The van der Waals surface area contributed by atoms with Crippen LogP contribution in [-0.4, -0.2) is 38.6 Å². The van der Waals surface area contributed by atoms with Gasteiger partial charge in [0.25, 0.3) is 0 Å². The third kappa shape index (κ3) is 6.27. The predicted molar refractivity (Wildman–Crippen MR) is 280 cm³/mol. The Balaban J connectivity index is 0.881. The third-order valence-electron chi connectivity index (χ3n) is 13.4. The second-order valence-electron chi connectivity index (χ2n) is 17.4. The van der Waals surface area contributed by atoms with E-state index in [-0.39, 0.29) is 0 Å². The first-order valence-corrected chi connectivity index (χ1v) is 23.1. The first kappa shape index (κ1) is 38.7. The maximum Gasteiger partial charge on any atom is 0.162 e. The van der Waals surface area contributed by atoms with E-state index in [9.17, 15) is 0 Å². The first-order chi connectivity index (χ1) is 34.2. The molecule has 322 valence electrons. The Bertz CT molecular complexity index is 4250. The van der Waals surface area contributed by atoms with Gasteiger partial charge in [0.05, 0.1) is 56.4 Å². The molecule has 0 aliphatic heterocycles. The quantitative estimate of drug-likeness (QED) is 0.159. The van der Waals surface area contributed by atoms with E-state index in [0.29, 0.717) is 5.82 Å². The number of pyridine rings is 3. The molecule has 0 unspecified atom stereocenters. The van der Waals surface area contributed by atoms with Crippen LogP contribution in [0.3, 0.4) is 0 Å². The second-order valence-corrected chi connectivity index (χ2v) is 17.4. The molecule has 14 aromatic rings. The van der Waals surface area contributed by atoms with Crippen molar-refractivity contribution in [3.8, 4) is 62.2 Å². The topological polar surface area (TPSA) is 79.2 Å². The summed E-state index contributed by atoms with van der Waals surface area (Å²) in [6.07, 6.45) is 5.68. The monoisotopic (exact) mass is 882 g/mol. The molecule has 0 bridgehead atoms. The summed E-state index contributed by atoms with van der Waals surface area (Å²) < 4.78 is 6.83. The summed E-state index contributed by atoms with van der Waals surface area (Å²) in [7, 11) is 0. The normalized spacial score (nSPS) is 11.8. The minimum Gasteiger partial charge on any atom is -0.308 e. The van der Waals surface area contributed by atoms with Crippen LogP contribution in [0.4, 0.5) is 0 Å². The van der Waals surface area contributed by atoms with E-state index in [1.807, 2.05) is 55.0 Å². The fourth-order valence-corrected chi connectivity index (χ4v) is 10.3. The highest BCUT2D eigenvalue weighted by molar-refractivity contribution is 6.13. The molecule has 0 fully saturated rings. The van der Waals surface area contributed by atoms with E-state index in [0.717, 1.165) is 111 Å². The second kappa shape index (κ2) is 15.5. The van der Waals surface area contributed by atoms with Gasteiger partial charge >= 0.3 is 0 Å². The average molecular weight is 883 g/mol. The smallest absolute Gasteiger partial charge is 0.162 e. The summed E-state index contributed by atoms with van der Waals surface area (Å²) in [6.45, 7) is 0. The lowest BCUT2D eigenvalue weighted by atomic mass is 10.0. The van der Waals surface area contributed by atoms with Crippen molar-refractivity contribution in [3.63, 3.8) is 0 Å². The van der Waals surface area contributed by atoms with E-state index in [1.54, 1.807) is 0 Å². The Kier molecular flexibility index (Phi) is 8.72. The minimum atomic E-state index is 0.684. The summed E-state index contributed by atoms with van der Waals surface area (Å²) in [4.78, 5) is 25.2.